The number of hydrogen-bond donors (Lipinski definition) is 2. The lowest BCUT2D eigenvalue weighted by atomic mass is 10.1. The van der Waals surface area contributed by atoms with Crippen LogP contribution in [0.3, 0.4) is 0 Å². The quantitative estimate of drug-likeness (QED) is 0.884. The summed E-state index contributed by atoms with van der Waals surface area (Å²) in [6.07, 6.45) is 3.47. The van der Waals surface area contributed by atoms with E-state index in [4.69, 9.17) is 0 Å². The molecule has 4 heterocycles. The predicted molar refractivity (Wildman–Crippen MR) is 89.6 cm³/mol. The summed E-state index contributed by atoms with van der Waals surface area (Å²) in [4.78, 5) is 15.7. The zero-order valence-corrected chi connectivity index (χ0v) is 13.8. The van der Waals surface area contributed by atoms with Crippen molar-refractivity contribution >= 4 is 29.7 Å². The maximum absolute atomic E-state index is 12.6. The fourth-order valence-corrected chi connectivity index (χ4v) is 3.97. The Morgan fingerprint density at radius 2 is 2.18 bits per heavy atom. The van der Waals surface area contributed by atoms with Gasteiger partial charge in [-0.1, -0.05) is 6.07 Å². The number of amides is 1. The van der Waals surface area contributed by atoms with Crippen LogP contribution < -0.4 is 5.32 Å². The van der Waals surface area contributed by atoms with Crippen molar-refractivity contribution in [2.45, 2.75) is 31.3 Å². The standard InChI is InChI=1S/C15H18N4OS.ClH/c20-15(19-6-5-10-3-4-11(9-19)16-10)13-8-12(17-18-13)14-2-1-7-21-14;/h1-2,7-8,10-11,16H,3-6,9H2,(H,17,18);1H. The van der Waals surface area contributed by atoms with Gasteiger partial charge in [-0.3, -0.25) is 9.89 Å². The van der Waals surface area contributed by atoms with Gasteiger partial charge in [0.2, 0.25) is 0 Å². The van der Waals surface area contributed by atoms with E-state index in [1.807, 2.05) is 28.5 Å². The van der Waals surface area contributed by atoms with E-state index in [1.54, 1.807) is 11.3 Å². The van der Waals surface area contributed by atoms with Crippen LogP contribution in [0.4, 0.5) is 0 Å². The number of carbonyl (C=O) groups is 1. The Kier molecular flexibility index (Phi) is 4.52. The van der Waals surface area contributed by atoms with Crippen molar-refractivity contribution in [2.75, 3.05) is 13.1 Å². The number of nitrogens with one attached hydrogen (secondary N) is 2. The molecule has 2 unspecified atom stereocenters. The van der Waals surface area contributed by atoms with E-state index < -0.39 is 0 Å². The summed E-state index contributed by atoms with van der Waals surface area (Å²) in [5.74, 6) is 0.0448. The monoisotopic (exact) mass is 338 g/mol. The summed E-state index contributed by atoms with van der Waals surface area (Å²) in [6, 6.07) is 6.94. The molecule has 22 heavy (non-hydrogen) atoms. The summed E-state index contributed by atoms with van der Waals surface area (Å²) < 4.78 is 0. The largest absolute Gasteiger partial charge is 0.336 e. The number of likely N-dealkylation sites (tertiary alicyclic amines) is 1. The third-order valence-corrected chi connectivity index (χ3v) is 5.30. The minimum Gasteiger partial charge on any atom is -0.336 e. The van der Waals surface area contributed by atoms with Crippen molar-refractivity contribution in [3.05, 3.63) is 29.3 Å². The zero-order valence-electron chi connectivity index (χ0n) is 12.1. The van der Waals surface area contributed by atoms with Crippen LogP contribution in [0.25, 0.3) is 10.6 Å². The molecule has 0 spiro atoms. The van der Waals surface area contributed by atoms with E-state index in [2.05, 4.69) is 15.5 Å². The second-order valence-corrected chi connectivity index (χ2v) is 6.77. The first-order chi connectivity index (χ1) is 10.3. The lowest BCUT2D eigenvalue weighted by Gasteiger charge is -2.23. The van der Waals surface area contributed by atoms with E-state index in [-0.39, 0.29) is 18.3 Å². The summed E-state index contributed by atoms with van der Waals surface area (Å²) >= 11 is 1.64. The molecule has 2 aliphatic heterocycles. The Morgan fingerprint density at radius 3 is 3.00 bits per heavy atom. The van der Waals surface area contributed by atoms with E-state index in [1.165, 1.54) is 12.8 Å². The Hall–Kier alpha value is -1.37. The first-order valence-electron chi connectivity index (χ1n) is 7.44. The van der Waals surface area contributed by atoms with Crippen LogP contribution in [-0.2, 0) is 0 Å². The molecule has 5 nitrogen and oxygen atoms in total. The van der Waals surface area contributed by atoms with Gasteiger partial charge in [0.25, 0.3) is 5.91 Å². The van der Waals surface area contributed by atoms with Gasteiger partial charge in [-0.15, -0.1) is 23.7 Å². The number of aromatic amines is 1. The van der Waals surface area contributed by atoms with Crippen LogP contribution in [0.2, 0.25) is 0 Å². The van der Waals surface area contributed by atoms with E-state index >= 15 is 0 Å². The zero-order chi connectivity index (χ0) is 14.2. The Balaban J connectivity index is 0.00000144. The molecule has 7 heteroatoms. The van der Waals surface area contributed by atoms with Crippen molar-refractivity contribution in [3.63, 3.8) is 0 Å². The van der Waals surface area contributed by atoms with Crippen LogP contribution in [0.15, 0.2) is 23.6 Å². The highest BCUT2D eigenvalue weighted by molar-refractivity contribution is 7.13. The molecule has 2 bridgehead atoms. The molecular weight excluding hydrogens is 320 g/mol. The first kappa shape index (κ1) is 15.5. The fourth-order valence-electron chi connectivity index (χ4n) is 3.28. The van der Waals surface area contributed by atoms with Crippen LogP contribution >= 0.6 is 23.7 Å². The summed E-state index contributed by atoms with van der Waals surface area (Å²) in [7, 11) is 0. The third-order valence-electron chi connectivity index (χ3n) is 4.39. The molecule has 2 atom stereocenters. The predicted octanol–water partition coefficient (Wildman–Crippen LogP) is 2.53. The number of carbonyl (C=O) groups excluding carboxylic acids is 1. The average Bonchev–Trinajstić information content (AvgIpc) is 3.17. The number of nitrogens with zero attached hydrogens (tertiary/aromatic N) is 2. The lowest BCUT2D eigenvalue weighted by molar-refractivity contribution is 0.0742. The number of rotatable bonds is 2. The minimum absolute atomic E-state index is 0. The van der Waals surface area contributed by atoms with Crippen molar-refractivity contribution in [1.82, 2.24) is 20.4 Å². The maximum Gasteiger partial charge on any atom is 0.274 e. The molecule has 2 aromatic heterocycles. The molecule has 0 saturated carbocycles. The minimum atomic E-state index is 0. The molecule has 2 saturated heterocycles. The third kappa shape index (κ3) is 2.91. The highest BCUT2D eigenvalue weighted by Gasteiger charge is 2.32. The molecule has 4 rings (SSSR count). The van der Waals surface area contributed by atoms with Gasteiger partial charge >= 0.3 is 0 Å². The highest BCUT2D eigenvalue weighted by Crippen LogP contribution is 2.25. The van der Waals surface area contributed by atoms with Crippen LogP contribution in [-0.4, -0.2) is 46.2 Å². The van der Waals surface area contributed by atoms with Crippen molar-refractivity contribution < 1.29 is 4.79 Å². The molecule has 118 valence electrons. The number of halogens is 1. The van der Waals surface area contributed by atoms with Gasteiger partial charge in [0.05, 0.1) is 10.6 Å². The van der Waals surface area contributed by atoms with Crippen molar-refractivity contribution in [2.24, 2.45) is 0 Å². The highest BCUT2D eigenvalue weighted by atomic mass is 35.5. The second-order valence-electron chi connectivity index (χ2n) is 5.82. The Morgan fingerprint density at radius 1 is 1.32 bits per heavy atom. The van der Waals surface area contributed by atoms with Gasteiger partial charge in [0.15, 0.2) is 5.69 Å². The summed E-state index contributed by atoms with van der Waals surface area (Å²) in [5.41, 5.74) is 1.44. The van der Waals surface area contributed by atoms with Gasteiger partial charge < -0.3 is 10.2 Å². The number of aromatic nitrogens is 2. The lowest BCUT2D eigenvalue weighted by Crippen LogP contribution is -2.39. The van der Waals surface area contributed by atoms with Crippen molar-refractivity contribution in [3.8, 4) is 10.6 Å². The number of fused-ring (bicyclic) bond motifs is 2. The smallest absolute Gasteiger partial charge is 0.274 e. The van der Waals surface area contributed by atoms with E-state index in [0.717, 1.165) is 30.1 Å². The number of H-pyrrole nitrogens is 1. The second kappa shape index (κ2) is 6.40. The summed E-state index contributed by atoms with van der Waals surface area (Å²) in [5, 5.41) is 12.8. The fraction of sp³-hybridized carbons (Fsp3) is 0.467. The van der Waals surface area contributed by atoms with Gasteiger partial charge in [0.1, 0.15) is 0 Å². The number of hydrogen-bond acceptors (Lipinski definition) is 4. The van der Waals surface area contributed by atoms with Crippen LogP contribution in [0.5, 0.6) is 0 Å². The van der Waals surface area contributed by atoms with Crippen molar-refractivity contribution in [1.29, 1.82) is 0 Å². The van der Waals surface area contributed by atoms with E-state index in [0.29, 0.717) is 17.8 Å². The number of thiophene rings is 1. The molecule has 0 aliphatic carbocycles. The SMILES string of the molecule is Cl.O=C(c1cc(-c2cccs2)[nH]n1)N1CCC2CCC(C1)N2. The van der Waals surface area contributed by atoms with Gasteiger partial charge in [-0.05, 0) is 36.8 Å². The first-order valence-corrected chi connectivity index (χ1v) is 8.32. The topological polar surface area (TPSA) is 61.0 Å². The average molecular weight is 339 g/mol. The molecule has 2 N–H and O–H groups in total. The maximum atomic E-state index is 12.6. The van der Waals surface area contributed by atoms with Crippen LogP contribution in [0.1, 0.15) is 29.8 Å². The molecule has 2 aromatic rings. The normalized spacial score (nSPS) is 23.9. The molecule has 0 radical (unpaired) electrons. The van der Waals surface area contributed by atoms with Gasteiger partial charge in [0, 0.05) is 25.2 Å². The summed E-state index contributed by atoms with van der Waals surface area (Å²) in [6.45, 7) is 1.63. The van der Waals surface area contributed by atoms with Gasteiger partial charge in [-0.25, -0.2) is 0 Å². The molecule has 1 amide bonds. The molecule has 0 aromatic carbocycles. The molecule has 2 aliphatic rings. The van der Waals surface area contributed by atoms with Gasteiger partial charge in [-0.2, -0.15) is 5.10 Å². The Labute approximate surface area is 139 Å². The van der Waals surface area contributed by atoms with Crippen LogP contribution in [0, 0.1) is 0 Å². The molecule has 2 fully saturated rings. The van der Waals surface area contributed by atoms with E-state index in [9.17, 15) is 4.79 Å². The Bertz CT molecular complexity index is 642. The molecular formula is C15H19ClN4OS.